The lowest BCUT2D eigenvalue weighted by Gasteiger charge is -2.48. The van der Waals surface area contributed by atoms with Gasteiger partial charge in [0.2, 0.25) is 5.91 Å². The molecule has 15 nitrogen and oxygen atoms in total. The SMILES string of the molecule is CC(=O)N[C@H]1C([C@H](OC(C)=O)[C@@H](COC(C)=O)OC(C)=O)O[C@](OC(C)=O)(C(=O)OCc2ccccc2)C[C@@H]1OC(C)=O. The molecule has 0 radical (unpaired) electrons. The molecule has 1 unspecified atom stereocenters. The second-order valence-corrected chi connectivity index (χ2v) is 9.59. The van der Waals surface area contributed by atoms with Gasteiger partial charge in [-0.3, -0.25) is 28.8 Å². The predicted octanol–water partition coefficient (Wildman–Crippen LogP) is 0.641. The summed E-state index contributed by atoms with van der Waals surface area (Å²) in [5.41, 5.74) is 0.572. The van der Waals surface area contributed by atoms with Crippen molar-refractivity contribution in [2.24, 2.45) is 0 Å². The van der Waals surface area contributed by atoms with Crippen molar-refractivity contribution in [1.29, 1.82) is 0 Å². The van der Waals surface area contributed by atoms with Crippen LogP contribution < -0.4 is 5.32 Å². The summed E-state index contributed by atoms with van der Waals surface area (Å²) in [5, 5.41) is 2.53. The van der Waals surface area contributed by atoms with Crippen LogP contribution in [0.25, 0.3) is 0 Å². The second-order valence-electron chi connectivity index (χ2n) is 9.59. The Morgan fingerprint density at radius 2 is 1.47 bits per heavy atom. The number of ether oxygens (including phenoxy) is 7. The average Bonchev–Trinajstić information content (AvgIpc) is 2.89. The fourth-order valence-corrected chi connectivity index (χ4v) is 4.41. The van der Waals surface area contributed by atoms with E-state index in [2.05, 4.69) is 5.32 Å². The quantitative estimate of drug-likeness (QED) is 0.256. The Morgan fingerprint density at radius 1 is 0.837 bits per heavy atom. The van der Waals surface area contributed by atoms with Crippen molar-refractivity contribution < 1.29 is 66.7 Å². The predicted molar refractivity (Wildman–Crippen MR) is 141 cm³/mol. The first-order valence-corrected chi connectivity index (χ1v) is 13.1. The topological polar surface area (TPSA) is 196 Å². The first-order chi connectivity index (χ1) is 20.1. The third-order valence-electron chi connectivity index (χ3n) is 5.83. The molecule has 236 valence electrons. The number of carbonyl (C=O) groups excluding carboxylic acids is 7. The van der Waals surface area contributed by atoms with Crippen molar-refractivity contribution in [3.63, 3.8) is 0 Å². The van der Waals surface area contributed by atoms with Gasteiger partial charge in [0.25, 0.3) is 0 Å². The monoisotopic (exact) mass is 609 g/mol. The number of nitrogens with one attached hydrogen (secondary N) is 1. The standard InChI is InChI=1S/C28H35NO14/c1-15(30)29-24-22(39-17(3)32)12-28(42-20(6)35,27(36)38-13-21-10-8-7-9-11-21)43-26(24)25(41-19(5)34)23(40-18(4)33)14-37-16(2)31/h7-11,22-26H,12-14H2,1-6H3,(H,29,30)/t22-,23+,24+,25+,26?,28-/m0/s1. The molecule has 0 spiro atoms. The van der Waals surface area contributed by atoms with Crippen LogP contribution in [0.4, 0.5) is 0 Å². The molecule has 15 heteroatoms. The van der Waals surface area contributed by atoms with Gasteiger partial charge in [0.15, 0.2) is 12.2 Å². The Labute approximate surface area is 247 Å². The molecule has 0 bridgehead atoms. The van der Waals surface area contributed by atoms with Crippen molar-refractivity contribution in [2.75, 3.05) is 6.61 Å². The van der Waals surface area contributed by atoms with Crippen LogP contribution >= 0.6 is 0 Å². The Balaban J connectivity index is 2.71. The Hall–Kier alpha value is -4.53. The summed E-state index contributed by atoms with van der Waals surface area (Å²) in [4.78, 5) is 86.3. The van der Waals surface area contributed by atoms with Crippen LogP contribution in [0.15, 0.2) is 30.3 Å². The van der Waals surface area contributed by atoms with E-state index in [1.807, 2.05) is 0 Å². The Morgan fingerprint density at radius 3 is 1.98 bits per heavy atom. The first-order valence-electron chi connectivity index (χ1n) is 13.1. The van der Waals surface area contributed by atoms with Crippen molar-refractivity contribution in [3.05, 3.63) is 35.9 Å². The number of amides is 1. The molecule has 1 aromatic rings. The van der Waals surface area contributed by atoms with Gasteiger partial charge in [0.1, 0.15) is 25.4 Å². The van der Waals surface area contributed by atoms with Gasteiger partial charge >= 0.3 is 41.6 Å². The number of hydrogen-bond donors (Lipinski definition) is 1. The molecule has 6 atom stereocenters. The van der Waals surface area contributed by atoms with Crippen LogP contribution in [0.3, 0.4) is 0 Å². The van der Waals surface area contributed by atoms with Crippen LogP contribution in [-0.4, -0.2) is 84.6 Å². The summed E-state index contributed by atoms with van der Waals surface area (Å²) in [6.07, 6.45) is -7.13. The minimum Gasteiger partial charge on any atom is -0.462 e. The van der Waals surface area contributed by atoms with E-state index < -0.39 is 91.0 Å². The van der Waals surface area contributed by atoms with Crippen molar-refractivity contribution >= 4 is 41.7 Å². The number of rotatable bonds is 12. The Bertz CT molecular complexity index is 1200. The highest BCUT2D eigenvalue weighted by Gasteiger charge is 2.60. The molecule has 0 aliphatic carbocycles. The van der Waals surface area contributed by atoms with Crippen LogP contribution in [-0.2, 0) is 73.3 Å². The highest BCUT2D eigenvalue weighted by molar-refractivity contribution is 5.82. The second kappa shape index (κ2) is 15.6. The summed E-state index contributed by atoms with van der Waals surface area (Å²) in [6.45, 7) is 5.36. The third kappa shape index (κ3) is 10.7. The van der Waals surface area contributed by atoms with Gasteiger partial charge in [0.05, 0.1) is 12.5 Å². The van der Waals surface area contributed by atoms with Gasteiger partial charge in [0, 0.05) is 41.5 Å². The number of esters is 6. The highest BCUT2D eigenvalue weighted by Crippen LogP contribution is 2.37. The molecule has 0 aromatic heterocycles. The zero-order chi connectivity index (χ0) is 32.3. The maximum absolute atomic E-state index is 13.6. The molecule has 1 saturated heterocycles. The smallest absolute Gasteiger partial charge is 0.380 e. The van der Waals surface area contributed by atoms with E-state index in [4.69, 9.17) is 33.2 Å². The molecule has 1 fully saturated rings. The molecule has 1 amide bonds. The summed E-state index contributed by atoms with van der Waals surface area (Å²) < 4.78 is 38.0. The van der Waals surface area contributed by atoms with E-state index in [0.717, 1.165) is 41.5 Å². The molecule has 0 saturated carbocycles. The maximum Gasteiger partial charge on any atom is 0.380 e. The summed E-state index contributed by atoms with van der Waals surface area (Å²) >= 11 is 0. The molecule has 1 aliphatic rings. The molecule has 1 heterocycles. The molecule has 2 rings (SSSR count). The largest absolute Gasteiger partial charge is 0.462 e. The van der Waals surface area contributed by atoms with Crippen LogP contribution in [0, 0.1) is 0 Å². The summed E-state index contributed by atoms with van der Waals surface area (Å²) in [5.74, 6) is -8.94. The molecule has 1 aliphatic heterocycles. The fourth-order valence-electron chi connectivity index (χ4n) is 4.41. The van der Waals surface area contributed by atoms with E-state index in [0.29, 0.717) is 5.56 Å². The van der Waals surface area contributed by atoms with E-state index in [-0.39, 0.29) is 6.61 Å². The van der Waals surface area contributed by atoms with Gasteiger partial charge in [-0.2, -0.15) is 0 Å². The number of hydrogen-bond acceptors (Lipinski definition) is 14. The summed E-state index contributed by atoms with van der Waals surface area (Å²) in [6, 6.07) is 7.10. The average molecular weight is 610 g/mol. The van der Waals surface area contributed by atoms with Gasteiger partial charge in [-0.25, -0.2) is 4.79 Å². The van der Waals surface area contributed by atoms with Gasteiger partial charge in [-0.1, -0.05) is 30.3 Å². The van der Waals surface area contributed by atoms with Crippen LogP contribution in [0.5, 0.6) is 0 Å². The van der Waals surface area contributed by atoms with E-state index in [1.54, 1.807) is 30.3 Å². The van der Waals surface area contributed by atoms with Crippen molar-refractivity contribution in [3.8, 4) is 0 Å². The number of carbonyl (C=O) groups is 7. The fraction of sp³-hybridized carbons (Fsp3) is 0.536. The van der Waals surface area contributed by atoms with Crippen LogP contribution in [0.2, 0.25) is 0 Å². The minimum absolute atomic E-state index is 0.278. The van der Waals surface area contributed by atoms with E-state index in [1.165, 1.54) is 0 Å². The Kier molecular flexibility index (Phi) is 12.6. The van der Waals surface area contributed by atoms with Crippen molar-refractivity contribution in [1.82, 2.24) is 5.32 Å². The zero-order valence-electron chi connectivity index (χ0n) is 24.6. The molecular formula is C28H35NO14. The number of benzene rings is 1. The van der Waals surface area contributed by atoms with E-state index >= 15 is 0 Å². The van der Waals surface area contributed by atoms with Crippen molar-refractivity contribution in [2.45, 2.75) is 90.8 Å². The summed E-state index contributed by atoms with van der Waals surface area (Å²) in [7, 11) is 0. The lowest BCUT2D eigenvalue weighted by molar-refractivity contribution is -0.305. The molecule has 1 N–H and O–H groups in total. The highest BCUT2D eigenvalue weighted by atomic mass is 16.8. The lowest BCUT2D eigenvalue weighted by Crippen LogP contribution is -2.69. The minimum atomic E-state index is -2.61. The molecule has 43 heavy (non-hydrogen) atoms. The normalized spacial score (nSPS) is 22.5. The van der Waals surface area contributed by atoms with Crippen LogP contribution in [0.1, 0.15) is 53.5 Å². The molecule has 1 aromatic carbocycles. The third-order valence-corrected chi connectivity index (χ3v) is 5.83. The van der Waals surface area contributed by atoms with Gasteiger partial charge in [-0.15, -0.1) is 0 Å². The molecular weight excluding hydrogens is 574 g/mol. The lowest BCUT2D eigenvalue weighted by atomic mass is 9.88. The maximum atomic E-state index is 13.6. The van der Waals surface area contributed by atoms with Gasteiger partial charge in [-0.05, 0) is 5.56 Å². The first kappa shape index (κ1) is 34.7. The van der Waals surface area contributed by atoms with E-state index in [9.17, 15) is 33.6 Å². The van der Waals surface area contributed by atoms with Gasteiger partial charge < -0.3 is 38.5 Å². The zero-order valence-corrected chi connectivity index (χ0v) is 24.6.